The molecule has 1 saturated heterocycles. The third kappa shape index (κ3) is 6.52. The number of benzene rings is 1. The van der Waals surface area contributed by atoms with Gasteiger partial charge in [0.25, 0.3) is 5.91 Å². The molecule has 4 nitrogen and oxygen atoms in total. The van der Waals surface area contributed by atoms with Crippen molar-refractivity contribution in [2.45, 2.75) is 31.1 Å². The fraction of sp³-hybridized carbons (Fsp3) is 0.429. The minimum Gasteiger partial charge on any atom is -0.337 e. The molecule has 0 aliphatic carbocycles. The molecule has 0 atom stereocenters. The van der Waals surface area contributed by atoms with E-state index in [2.05, 4.69) is 22.4 Å². The van der Waals surface area contributed by atoms with Crippen LogP contribution in [0.15, 0.2) is 48.7 Å². The first kappa shape index (κ1) is 20.2. The quantitative estimate of drug-likeness (QED) is 0.669. The molecular weight excluding hydrogens is 378 g/mol. The van der Waals surface area contributed by atoms with Crippen LogP contribution in [0.2, 0.25) is 5.02 Å². The van der Waals surface area contributed by atoms with Crippen LogP contribution in [-0.4, -0.2) is 47.2 Å². The zero-order chi connectivity index (χ0) is 18.9. The predicted octanol–water partition coefficient (Wildman–Crippen LogP) is 4.25. The highest BCUT2D eigenvalue weighted by molar-refractivity contribution is 7.98. The van der Waals surface area contributed by atoms with Crippen molar-refractivity contribution in [1.82, 2.24) is 15.2 Å². The third-order valence-corrected chi connectivity index (χ3v) is 6.11. The summed E-state index contributed by atoms with van der Waals surface area (Å²) in [5.74, 6) is 2.23. The molecular formula is C21H26ClN3OS. The monoisotopic (exact) mass is 403 g/mol. The van der Waals surface area contributed by atoms with Crippen LogP contribution in [0.1, 0.15) is 35.3 Å². The molecule has 1 amide bonds. The maximum atomic E-state index is 12.4. The summed E-state index contributed by atoms with van der Waals surface area (Å²) < 4.78 is 0. The topological polar surface area (TPSA) is 45.2 Å². The Bertz CT molecular complexity index is 703. The van der Waals surface area contributed by atoms with Gasteiger partial charge in [0.15, 0.2) is 0 Å². The van der Waals surface area contributed by atoms with Gasteiger partial charge in [-0.05, 0) is 61.4 Å². The number of nitrogens with one attached hydrogen (secondary N) is 1. The van der Waals surface area contributed by atoms with Gasteiger partial charge < -0.3 is 10.2 Å². The first-order chi connectivity index (χ1) is 13.2. The highest BCUT2D eigenvalue weighted by Gasteiger charge is 2.23. The molecule has 2 heterocycles. The number of nitrogens with zero attached hydrogens (tertiary/aromatic N) is 2. The second-order valence-electron chi connectivity index (χ2n) is 6.77. The van der Waals surface area contributed by atoms with Gasteiger partial charge >= 0.3 is 0 Å². The maximum Gasteiger partial charge on any atom is 0.272 e. The van der Waals surface area contributed by atoms with Gasteiger partial charge in [0.05, 0.1) is 0 Å². The molecule has 1 aliphatic rings. The number of carbonyl (C=O) groups is 1. The van der Waals surface area contributed by atoms with E-state index >= 15 is 0 Å². The molecule has 1 aliphatic heterocycles. The van der Waals surface area contributed by atoms with Gasteiger partial charge in [-0.2, -0.15) is 11.8 Å². The van der Waals surface area contributed by atoms with E-state index in [9.17, 15) is 4.79 Å². The molecule has 1 fully saturated rings. The third-order valence-electron chi connectivity index (χ3n) is 4.75. The second kappa shape index (κ2) is 10.7. The van der Waals surface area contributed by atoms with Crippen molar-refractivity contribution in [1.29, 1.82) is 0 Å². The van der Waals surface area contributed by atoms with Crippen LogP contribution in [0.4, 0.5) is 0 Å². The summed E-state index contributed by atoms with van der Waals surface area (Å²) in [7, 11) is 0. The second-order valence-corrected chi connectivity index (χ2v) is 8.31. The van der Waals surface area contributed by atoms with Crippen LogP contribution in [0.3, 0.4) is 0 Å². The Kier molecular flexibility index (Phi) is 7.99. The van der Waals surface area contributed by atoms with Gasteiger partial charge in [0, 0.05) is 36.1 Å². The molecule has 27 heavy (non-hydrogen) atoms. The lowest BCUT2D eigenvalue weighted by Gasteiger charge is -2.32. The molecule has 2 aromatic rings. The molecule has 1 N–H and O–H groups in total. The van der Waals surface area contributed by atoms with Crippen LogP contribution in [-0.2, 0) is 5.75 Å². The van der Waals surface area contributed by atoms with Crippen LogP contribution in [0, 0.1) is 0 Å². The van der Waals surface area contributed by atoms with Gasteiger partial charge in [0.2, 0.25) is 0 Å². The summed E-state index contributed by atoms with van der Waals surface area (Å²) in [4.78, 5) is 18.5. The van der Waals surface area contributed by atoms with Crippen molar-refractivity contribution in [3.8, 4) is 0 Å². The smallest absolute Gasteiger partial charge is 0.272 e. The number of thioether (sulfide) groups is 1. The largest absolute Gasteiger partial charge is 0.337 e. The van der Waals surface area contributed by atoms with E-state index in [-0.39, 0.29) is 5.91 Å². The lowest BCUT2D eigenvalue weighted by molar-refractivity contribution is 0.0699. The van der Waals surface area contributed by atoms with Gasteiger partial charge in [-0.25, -0.2) is 0 Å². The molecule has 0 saturated carbocycles. The van der Waals surface area contributed by atoms with E-state index in [1.807, 2.05) is 40.9 Å². The number of aromatic nitrogens is 1. The molecule has 0 bridgehead atoms. The molecule has 1 aromatic carbocycles. The number of pyridine rings is 1. The normalized spacial score (nSPS) is 15.1. The maximum absolute atomic E-state index is 12.4. The average Bonchev–Trinajstić information content (AvgIpc) is 2.72. The summed E-state index contributed by atoms with van der Waals surface area (Å²) in [6, 6.07) is 14.1. The zero-order valence-electron chi connectivity index (χ0n) is 15.4. The number of likely N-dealkylation sites (tertiary alicyclic amines) is 1. The SMILES string of the molecule is O=C(c1ccccn1)N1CCC(NCCCSCc2ccc(Cl)cc2)CC1. The van der Waals surface area contributed by atoms with Gasteiger partial charge in [-0.3, -0.25) is 9.78 Å². The summed E-state index contributed by atoms with van der Waals surface area (Å²) >= 11 is 7.86. The fourth-order valence-electron chi connectivity index (χ4n) is 3.19. The first-order valence-corrected chi connectivity index (χ1v) is 11.0. The van der Waals surface area contributed by atoms with Crippen LogP contribution in [0.5, 0.6) is 0 Å². The molecule has 0 unspecified atom stereocenters. The van der Waals surface area contributed by atoms with Crippen molar-refractivity contribution in [2.24, 2.45) is 0 Å². The lowest BCUT2D eigenvalue weighted by Crippen LogP contribution is -2.45. The standard InChI is InChI=1S/C21H26ClN3OS/c22-18-7-5-17(6-8-18)16-27-15-3-12-23-19-9-13-25(14-10-19)21(26)20-4-1-2-11-24-20/h1-2,4-8,11,19,23H,3,9-10,12-16H2. The fourth-order valence-corrected chi connectivity index (χ4v) is 4.24. The van der Waals surface area contributed by atoms with Crippen molar-refractivity contribution >= 4 is 29.3 Å². The number of hydrogen-bond donors (Lipinski definition) is 1. The number of carbonyl (C=O) groups excluding carboxylic acids is 1. The van der Waals surface area contributed by atoms with Gasteiger partial charge in [-0.15, -0.1) is 0 Å². The Hall–Kier alpha value is -1.56. The minimum atomic E-state index is 0.0487. The average molecular weight is 404 g/mol. The number of hydrogen-bond acceptors (Lipinski definition) is 4. The van der Waals surface area contributed by atoms with Gasteiger partial charge in [-0.1, -0.05) is 29.8 Å². The van der Waals surface area contributed by atoms with Gasteiger partial charge in [0.1, 0.15) is 5.69 Å². The van der Waals surface area contributed by atoms with E-state index in [1.54, 1.807) is 12.3 Å². The lowest BCUT2D eigenvalue weighted by atomic mass is 10.0. The van der Waals surface area contributed by atoms with Crippen molar-refractivity contribution in [3.63, 3.8) is 0 Å². The number of piperidine rings is 1. The Morgan fingerprint density at radius 1 is 1.19 bits per heavy atom. The van der Waals surface area contributed by atoms with Crippen molar-refractivity contribution in [3.05, 3.63) is 64.9 Å². The van der Waals surface area contributed by atoms with E-state index < -0.39 is 0 Å². The number of halogens is 1. The Morgan fingerprint density at radius 2 is 1.96 bits per heavy atom. The summed E-state index contributed by atoms with van der Waals surface area (Å²) in [6.45, 7) is 2.64. The van der Waals surface area contributed by atoms with Crippen LogP contribution >= 0.6 is 23.4 Å². The highest BCUT2D eigenvalue weighted by Crippen LogP contribution is 2.16. The van der Waals surface area contributed by atoms with Crippen LogP contribution < -0.4 is 5.32 Å². The number of rotatable bonds is 8. The van der Waals surface area contributed by atoms with Crippen LogP contribution in [0.25, 0.3) is 0 Å². The van der Waals surface area contributed by atoms with Crippen molar-refractivity contribution < 1.29 is 4.79 Å². The Balaban J connectivity index is 1.26. The predicted molar refractivity (Wildman–Crippen MR) is 113 cm³/mol. The van der Waals surface area contributed by atoms with E-state index in [4.69, 9.17) is 11.6 Å². The Labute approximate surface area is 170 Å². The Morgan fingerprint density at radius 3 is 2.67 bits per heavy atom. The summed E-state index contributed by atoms with van der Waals surface area (Å²) in [5, 5.41) is 4.43. The zero-order valence-corrected chi connectivity index (χ0v) is 17.0. The molecule has 6 heteroatoms. The van der Waals surface area contributed by atoms with E-state index in [1.165, 1.54) is 5.56 Å². The summed E-state index contributed by atoms with van der Waals surface area (Å²) in [6.07, 6.45) is 4.85. The molecule has 3 rings (SSSR count). The molecule has 0 radical (unpaired) electrons. The molecule has 1 aromatic heterocycles. The molecule has 0 spiro atoms. The highest BCUT2D eigenvalue weighted by atomic mass is 35.5. The molecule has 144 valence electrons. The first-order valence-electron chi connectivity index (χ1n) is 9.48. The number of amides is 1. The van der Waals surface area contributed by atoms with E-state index in [0.29, 0.717) is 11.7 Å². The minimum absolute atomic E-state index is 0.0487. The summed E-state index contributed by atoms with van der Waals surface area (Å²) in [5.41, 5.74) is 1.86. The van der Waals surface area contributed by atoms with E-state index in [0.717, 1.165) is 55.4 Å². The van der Waals surface area contributed by atoms with Crippen molar-refractivity contribution in [2.75, 3.05) is 25.4 Å².